The molecule has 0 aromatic heterocycles. The Kier molecular flexibility index (Phi) is 3.60. The fourth-order valence-corrected chi connectivity index (χ4v) is 1.78. The lowest BCUT2D eigenvalue weighted by Crippen LogP contribution is -2.06. The molecule has 0 bridgehead atoms. The summed E-state index contributed by atoms with van der Waals surface area (Å²) in [6.45, 7) is 2.03. The SMILES string of the molecule is COc1ccc(C)cc1NC1=CCC(=[N+]=[N-])C=C1. The molecule has 4 nitrogen and oxygen atoms in total. The van der Waals surface area contributed by atoms with Crippen LogP contribution in [0.2, 0.25) is 0 Å². The summed E-state index contributed by atoms with van der Waals surface area (Å²) in [4.78, 5) is 3.17. The number of anilines is 1. The van der Waals surface area contributed by atoms with E-state index in [-0.39, 0.29) is 0 Å². The van der Waals surface area contributed by atoms with Crippen LogP contribution >= 0.6 is 0 Å². The van der Waals surface area contributed by atoms with E-state index in [1.54, 1.807) is 13.2 Å². The Labute approximate surface area is 106 Å². The van der Waals surface area contributed by atoms with E-state index < -0.39 is 0 Å². The van der Waals surface area contributed by atoms with Crippen LogP contribution in [-0.4, -0.2) is 17.6 Å². The highest BCUT2D eigenvalue weighted by molar-refractivity contribution is 5.93. The van der Waals surface area contributed by atoms with Gasteiger partial charge in [-0.1, -0.05) is 6.07 Å². The van der Waals surface area contributed by atoms with E-state index in [1.165, 1.54) is 0 Å². The highest BCUT2D eigenvalue weighted by Gasteiger charge is 2.10. The summed E-state index contributed by atoms with van der Waals surface area (Å²) >= 11 is 0. The Hall–Kier alpha value is -2.32. The molecule has 1 N–H and O–H groups in total. The number of nitrogens with one attached hydrogen (secondary N) is 1. The average Bonchev–Trinajstić information content (AvgIpc) is 2.40. The van der Waals surface area contributed by atoms with Gasteiger partial charge >= 0.3 is 0 Å². The van der Waals surface area contributed by atoms with Crippen molar-refractivity contribution in [1.29, 1.82) is 0 Å². The third-order valence-corrected chi connectivity index (χ3v) is 2.75. The predicted molar refractivity (Wildman–Crippen MR) is 71.8 cm³/mol. The Morgan fingerprint density at radius 1 is 1.33 bits per heavy atom. The van der Waals surface area contributed by atoms with E-state index >= 15 is 0 Å². The van der Waals surface area contributed by atoms with Crippen molar-refractivity contribution < 1.29 is 9.53 Å². The zero-order valence-electron chi connectivity index (χ0n) is 10.5. The van der Waals surface area contributed by atoms with Crippen LogP contribution in [-0.2, 0) is 0 Å². The summed E-state index contributed by atoms with van der Waals surface area (Å²) in [5.41, 5.74) is 12.4. The zero-order chi connectivity index (χ0) is 13.0. The topological polar surface area (TPSA) is 57.7 Å². The molecule has 0 unspecified atom stereocenters. The van der Waals surface area contributed by atoms with Crippen LogP contribution in [0.4, 0.5) is 5.69 Å². The molecule has 0 saturated carbocycles. The van der Waals surface area contributed by atoms with Crippen LogP contribution in [0.15, 0.2) is 42.1 Å². The largest absolute Gasteiger partial charge is 0.495 e. The van der Waals surface area contributed by atoms with Crippen LogP contribution < -0.4 is 10.1 Å². The number of allylic oxidation sites excluding steroid dienone is 3. The van der Waals surface area contributed by atoms with Crippen molar-refractivity contribution >= 4 is 11.4 Å². The molecular formula is C14H15N3O. The number of rotatable bonds is 3. The average molecular weight is 241 g/mol. The van der Waals surface area contributed by atoms with Crippen molar-refractivity contribution in [3.05, 3.63) is 53.2 Å². The first-order valence-corrected chi connectivity index (χ1v) is 5.74. The lowest BCUT2D eigenvalue weighted by Gasteiger charge is -2.13. The molecule has 0 amide bonds. The second-order valence-corrected chi connectivity index (χ2v) is 4.12. The Morgan fingerprint density at radius 2 is 2.17 bits per heavy atom. The molecule has 1 aliphatic rings. The highest BCUT2D eigenvalue weighted by atomic mass is 16.5. The molecule has 0 atom stereocenters. The van der Waals surface area contributed by atoms with Gasteiger partial charge in [0, 0.05) is 11.8 Å². The van der Waals surface area contributed by atoms with Gasteiger partial charge in [-0.05, 0) is 36.8 Å². The molecule has 1 aliphatic carbocycles. The second-order valence-electron chi connectivity index (χ2n) is 4.12. The van der Waals surface area contributed by atoms with Crippen molar-refractivity contribution in [3.8, 4) is 5.75 Å². The smallest absolute Gasteiger partial charge is 0.295 e. The molecule has 0 saturated heterocycles. The summed E-state index contributed by atoms with van der Waals surface area (Å²) in [5, 5.41) is 3.30. The number of methoxy groups -OCH3 is 1. The standard InChI is InChI=1S/C14H15N3O/c1-10-3-8-14(18-2)13(9-10)16-11-4-6-12(17-15)7-5-11/h3-6,8-9,16H,7H2,1-2H3. The van der Waals surface area contributed by atoms with Crippen molar-refractivity contribution in [2.24, 2.45) is 0 Å². The van der Waals surface area contributed by atoms with E-state index in [0.29, 0.717) is 12.1 Å². The molecule has 0 radical (unpaired) electrons. The first kappa shape index (κ1) is 12.1. The van der Waals surface area contributed by atoms with Gasteiger partial charge in [-0.2, -0.15) is 4.79 Å². The van der Waals surface area contributed by atoms with Gasteiger partial charge in [0.1, 0.15) is 5.75 Å². The number of nitrogens with zero attached hydrogens (tertiary/aromatic N) is 2. The fourth-order valence-electron chi connectivity index (χ4n) is 1.78. The van der Waals surface area contributed by atoms with Crippen LogP contribution in [0.3, 0.4) is 0 Å². The third kappa shape index (κ3) is 2.67. The molecule has 0 fully saturated rings. The van der Waals surface area contributed by atoms with E-state index in [0.717, 1.165) is 22.7 Å². The number of benzene rings is 1. The third-order valence-electron chi connectivity index (χ3n) is 2.75. The Morgan fingerprint density at radius 3 is 2.78 bits per heavy atom. The minimum Gasteiger partial charge on any atom is -0.495 e. The normalized spacial score (nSPS) is 13.9. The maximum absolute atomic E-state index is 8.65. The van der Waals surface area contributed by atoms with Crippen LogP contribution in [0.25, 0.3) is 5.53 Å². The van der Waals surface area contributed by atoms with Gasteiger partial charge in [-0.15, -0.1) is 0 Å². The van der Waals surface area contributed by atoms with Gasteiger partial charge in [0.2, 0.25) is 0 Å². The summed E-state index contributed by atoms with van der Waals surface area (Å²) in [7, 11) is 1.65. The lowest BCUT2D eigenvalue weighted by molar-refractivity contribution is -0.00540. The van der Waals surface area contributed by atoms with Crippen molar-refractivity contribution in [3.63, 3.8) is 0 Å². The predicted octanol–water partition coefficient (Wildman–Crippen LogP) is 2.93. The van der Waals surface area contributed by atoms with E-state index in [2.05, 4.69) is 10.1 Å². The highest BCUT2D eigenvalue weighted by Crippen LogP contribution is 2.27. The Balaban J connectivity index is 2.20. The zero-order valence-corrected chi connectivity index (χ0v) is 10.5. The molecule has 0 aliphatic heterocycles. The quantitative estimate of drug-likeness (QED) is 0.653. The molecule has 0 spiro atoms. The monoisotopic (exact) mass is 241 g/mol. The van der Waals surface area contributed by atoms with Gasteiger partial charge in [0.25, 0.3) is 5.71 Å². The van der Waals surface area contributed by atoms with Gasteiger partial charge in [-0.25, -0.2) is 0 Å². The van der Waals surface area contributed by atoms with Gasteiger partial charge < -0.3 is 15.6 Å². The summed E-state index contributed by atoms with van der Waals surface area (Å²) in [6.07, 6.45) is 6.24. The van der Waals surface area contributed by atoms with Crippen LogP contribution in [0.1, 0.15) is 12.0 Å². The van der Waals surface area contributed by atoms with Gasteiger partial charge in [-0.3, -0.25) is 0 Å². The first-order chi connectivity index (χ1) is 8.72. The summed E-state index contributed by atoms with van der Waals surface area (Å²) in [5.74, 6) is 0.802. The molecule has 1 aromatic carbocycles. The molecule has 92 valence electrons. The second kappa shape index (κ2) is 5.34. The first-order valence-electron chi connectivity index (χ1n) is 5.74. The van der Waals surface area contributed by atoms with E-state index in [1.807, 2.05) is 37.3 Å². The van der Waals surface area contributed by atoms with Crippen molar-refractivity contribution in [1.82, 2.24) is 0 Å². The molecule has 2 rings (SSSR count). The van der Waals surface area contributed by atoms with Crippen molar-refractivity contribution in [2.75, 3.05) is 12.4 Å². The number of ether oxygens (including phenoxy) is 1. The van der Waals surface area contributed by atoms with Gasteiger partial charge in [0.05, 0.1) is 19.2 Å². The maximum Gasteiger partial charge on any atom is 0.295 e. The van der Waals surface area contributed by atoms with Crippen LogP contribution in [0.5, 0.6) is 5.75 Å². The molecular weight excluding hydrogens is 226 g/mol. The number of hydrogen-bond acceptors (Lipinski definition) is 2. The van der Waals surface area contributed by atoms with E-state index in [9.17, 15) is 0 Å². The molecule has 18 heavy (non-hydrogen) atoms. The number of hydrogen-bond donors (Lipinski definition) is 1. The lowest BCUT2D eigenvalue weighted by atomic mass is 10.1. The Bertz CT molecular complexity index is 566. The van der Waals surface area contributed by atoms with Crippen molar-refractivity contribution in [2.45, 2.75) is 13.3 Å². The minimum absolute atomic E-state index is 0.615. The van der Waals surface area contributed by atoms with E-state index in [4.69, 9.17) is 10.3 Å². The van der Waals surface area contributed by atoms with Gasteiger partial charge in [0.15, 0.2) is 0 Å². The molecule has 0 heterocycles. The fraction of sp³-hybridized carbons (Fsp3) is 0.214. The van der Waals surface area contributed by atoms with Crippen LogP contribution in [0, 0.1) is 6.92 Å². The minimum atomic E-state index is 0.615. The molecule has 1 aromatic rings. The number of aryl methyl sites for hydroxylation is 1. The maximum atomic E-state index is 8.65. The summed E-state index contributed by atoms with van der Waals surface area (Å²) < 4.78 is 5.31. The molecule has 4 heteroatoms. The summed E-state index contributed by atoms with van der Waals surface area (Å²) in [6, 6.07) is 5.97.